The molecule has 0 radical (unpaired) electrons. The number of aromatic nitrogens is 1. The SMILES string of the molecule is COc1ccc(CCNC(=O)C2CCc3sc(NC(=O)c4ccccc4)nc32)cc1OC. The summed E-state index contributed by atoms with van der Waals surface area (Å²) in [6, 6.07) is 14.8. The molecule has 0 saturated heterocycles. The van der Waals surface area contributed by atoms with Crippen LogP contribution in [-0.4, -0.2) is 37.6 Å². The summed E-state index contributed by atoms with van der Waals surface area (Å²) in [5, 5.41) is 6.40. The van der Waals surface area contributed by atoms with Crippen LogP contribution in [0.1, 0.15) is 38.8 Å². The Labute approximate surface area is 190 Å². The first-order valence-corrected chi connectivity index (χ1v) is 11.2. The Kier molecular flexibility index (Phi) is 6.70. The van der Waals surface area contributed by atoms with Crippen LogP contribution in [0.25, 0.3) is 0 Å². The zero-order valence-corrected chi connectivity index (χ0v) is 18.8. The van der Waals surface area contributed by atoms with E-state index in [1.54, 1.807) is 26.4 Å². The lowest BCUT2D eigenvalue weighted by molar-refractivity contribution is -0.122. The number of hydrogen-bond acceptors (Lipinski definition) is 6. The van der Waals surface area contributed by atoms with Gasteiger partial charge in [-0.3, -0.25) is 14.9 Å². The smallest absolute Gasteiger partial charge is 0.257 e. The minimum Gasteiger partial charge on any atom is -0.493 e. The van der Waals surface area contributed by atoms with Crippen LogP contribution >= 0.6 is 11.3 Å². The Bertz CT molecular complexity index is 1110. The molecular formula is C24H25N3O4S. The molecule has 0 fully saturated rings. The van der Waals surface area contributed by atoms with E-state index in [0.29, 0.717) is 35.2 Å². The van der Waals surface area contributed by atoms with Gasteiger partial charge in [-0.15, -0.1) is 11.3 Å². The van der Waals surface area contributed by atoms with E-state index in [4.69, 9.17) is 9.47 Å². The van der Waals surface area contributed by atoms with Crippen molar-refractivity contribution >= 4 is 28.3 Å². The van der Waals surface area contributed by atoms with Crippen molar-refractivity contribution in [1.82, 2.24) is 10.3 Å². The molecule has 0 saturated carbocycles. The molecule has 2 N–H and O–H groups in total. The summed E-state index contributed by atoms with van der Waals surface area (Å²) in [6.45, 7) is 0.516. The van der Waals surface area contributed by atoms with E-state index in [1.807, 2.05) is 36.4 Å². The number of ether oxygens (including phenoxy) is 2. The van der Waals surface area contributed by atoms with Gasteiger partial charge in [0.25, 0.3) is 5.91 Å². The van der Waals surface area contributed by atoms with E-state index in [9.17, 15) is 9.59 Å². The Morgan fingerprint density at radius 1 is 1.09 bits per heavy atom. The number of rotatable bonds is 8. The van der Waals surface area contributed by atoms with E-state index in [-0.39, 0.29) is 17.7 Å². The van der Waals surface area contributed by atoms with Gasteiger partial charge in [-0.2, -0.15) is 0 Å². The highest BCUT2D eigenvalue weighted by molar-refractivity contribution is 7.16. The summed E-state index contributed by atoms with van der Waals surface area (Å²) < 4.78 is 10.6. The van der Waals surface area contributed by atoms with Gasteiger partial charge in [0, 0.05) is 17.0 Å². The maximum Gasteiger partial charge on any atom is 0.257 e. The number of methoxy groups -OCH3 is 2. The van der Waals surface area contributed by atoms with Crippen LogP contribution in [0.15, 0.2) is 48.5 Å². The molecule has 3 aromatic rings. The van der Waals surface area contributed by atoms with Gasteiger partial charge in [-0.1, -0.05) is 24.3 Å². The first kappa shape index (κ1) is 21.8. The quantitative estimate of drug-likeness (QED) is 0.544. The fraction of sp³-hybridized carbons (Fsp3) is 0.292. The van der Waals surface area contributed by atoms with E-state index in [1.165, 1.54) is 11.3 Å². The number of hydrogen-bond donors (Lipinski definition) is 2. The third kappa shape index (κ3) is 4.75. The second-order valence-corrected chi connectivity index (χ2v) is 8.55. The van der Waals surface area contributed by atoms with E-state index in [0.717, 1.165) is 29.0 Å². The number of anilines is 1. The number of benzene rings is 2. The molecule has 1 heterocycles. The lowest BCUT2D eigenvalue weighted by Crippen LogP contribution is -2.30. The second-order valence-electron chi connectivity index (χ2n) is 7.47. The summed E-state index contributed by atoms with van der Waals surface area (Å²) in [4.78, 5) is 30.8. The minimum absolute atomic E-state index is 0.0320. The number of amides is 2. The van der Waals surface area contributed by atoms with E-state index in [2.05, 4.69) is 15.6 Å². The lowest BCUT2D eigenvalue weighted by Gasteiger charge is -2.12. The van der Waals surface area contributed by atoms with Crippen molar-refractivity contribution in [2.45, 2.75) is 25.2 Å². The van der Waals surface area contributed by atoms with Gasteiger partial charge in [0.05, 0.1) is 25.8 Å². The number of nitrogens with one attached hydrogen (secondary N) is 2. The standard InChI is InChI=1S/C24H25N3O4S/c1-30-18-10-8-15(14-19(18)31-2)12-13-25-23(29)17-9-11-20-21(17)26-24(32-20)27-22(28)16-6-4-3-5-7-16/h3-8,10,14,17H,9,11-13H2,1-2H3,(H,25,29)(H,26,27,28). The Balaban J connectivity index is 1.34. The van der Waals surface area contributed by atoms with Crippen LogP contribution in [-0.2, 0) is 17.6 Å². The van der Waals surface area contributed by atoms with Crippen LogP contribution in [0.2, 0.25) is 0 Å². The number of fused-ring (bicyclic) bond motifs is 1. The zero-order chi connectivity index (χ0) is 22.5. The number of carbonyl (C=O) groups excluding carboxylic acids is 2. The van der Waals surface area contributed by atoms with Crippen molar-refractivity contribution in [2.24, 2.45) is 0 Å². The van der Waals surface area contributed by atoms with Crippen molar-refractivity contribution in [1.29, 1.82) is 0 Å². The van der Waals surface area contributed by atoms with Gasteiger partial charge < -0.3 is 14.8 Å². The third-order valence-electron chi connectivity index (χ3n) is 5.45. The molecule has 2 aromatic carbocycles. The molecular weight excluding hydrogens is 426 g/mol. The highest BCUT2D eigenvalue weighted by Gasteiger charge is 2.32. The molecule has 166 valence electrons. The topological polar surface area (TPSA) is 89.6 Å². The summed E-state index contributed by atoms with van der Waals surface area (Å²) >= 11 is 1.45. The van der Waals surface area contributed by atoms with Gasteiger partial charge in [0.1, 0.15) is 0 Å². The molecule has 1 atom stereocenters. The van der Waals surface area contributed by atoms with Crippen LogP contribution < -0.4 is 20.1 Å². The molecule has 2 amide bonds. The fourth-order valence-electron chi connectivity index (χ4n) is 3.78. The molecule has 1 unspecified atom stereocenters. The average molecular weight is 452 g/mol. The molecule has 4 rings (SSSR count). The third-order valence-corrected chi connectivity index (χ3v) is 6.50. The van der Waals surface area contributed by atoms with Crippen molar-refractivity contribution in [3.8, 4) is 11.5 Å². The van der Waals surface area contributed by atoms with Gasteiger partial charge in [0.2, 0.25) is 5.91 Å². The second kappa shape index (κ2) is 9.82. The highest BCUT2D eigenvalue weighted by atomic mass is 32.1. The van der Waals surface area contributed by atoms with Crippen LogP contribution in [0.3, 0.4) is 0 Å². The van der Waals surface area contributed by atoms with Gasteiger partial charge in [-0.25, -0.2) is 4.98 Å². The Hall–Kier alpha value is -3.39. The zero-order valence-electron chi connectivity index (χ0n) is 18.0. The number of nitrogens with zero attached hydrogens (tertiary/aromatic N) is 1. The molecule has 7 nitrogen and oxygen atoms in total. The molecule has 0 spiro atoms. The first-order chi connectivity index (χ1) is 15.6. The molecule has 1 aliphatic carbocycles. The van der Waals surface area contributed by atoms with Crippen LogP contribution in [0, 0.1) is 0 Å². The van der Waals surface area contributed by atoms with Crippen LogP contribution in [0.4, 0.5) is 5.13 Å². The van der Waals surface area contributed by atoms with Crippen molar-refractivity contribution in [2.75, 3.05) is 26.1 Å². The number of carbonyl (C=O) groups is 2. The summed E-state index contributed by atoms with van der Waals surface area (Å²) in [5.41, 5.74) is 2.41. The average Bonchev–Trinajstić information content (AvgIpc) is 3.39. The van der Waals surface area contributed by atoms with Crippen molar-refractivity contribution in [3.63, 3.8) is 0 Å². The number of aryl methyl sites for hydroxylation is 1. The predicted molar refractivity (Wildman–Crippen MR) is 124 cm³/mol. The first-order valence-electron chi connectivity index (χ1n) is 10.4. The summed E-state index contributed by atoms with van der Waals surface area (Å²) in [7, 11) is 3.20. The molecule has 32 heavy (non-hydrogen) atoms. The van der Waals surface area contributed by atoms with E-state index < -0.39 is 0 Å². The fourth-order valence-corrected chi connectivity index (χ4v) is 4.82. The molecule has 0 bridgehead atoms. The molecule has 1 aliphatic rings. The molecule has 0 aliphatic heterocycles. The van der Waals surface area contributed by atoms with Gasteiger partial charge >= 0.3 is 0 Å². The number of thiazole rings is 1. The predicted octanol–water partition coefficient (Wildman–Crippen LogP) is 3.80. The normalized spacial score (nSPS) is 14.5. The van der Waals surface area contributed by atoms with Gasteiger partial charge in [-0.05, 0) is 49.1 Å². The van der Waals surface area contributed by atoms with Gasteiger partial charge in [0.15, 0.2) is 16.6 Å². The minimum atomic E-state index is -0.283. The maximum atomic E-state index is 12.8. The molecule has 1 aromatic heterocycles. The van der Waals surface area contributed by atoms with Crippen molar-refractivity contribution in [3.05, 3.63) is 70.2 Å². The Morgan fingerprint density at radius 3 is 2.62 bits per heavy atom. The lowest BCUT2D eigenvalue weighted by atomic mass is 10.1. The largest absolute Gasteiger partial charge is 0.493 e. The van der Waals surface area contributed by atoms with E-state index >= 15 is 0 Å². The summed E-state index contributed by atoms with van der Waals surface area (Å²) in [5.74, 6) is 0.834. The van der Waals surface area contributed by atoms with Crippen molar-refractivity contribution < 1.29 is 19.1 Å². The molecule has 8 heteroatoms. The maximum absolute atomic E-state index is 12.8. The highest BCUT2D eigenvalue weighted by Crippen LogP contribution is 2.38. The monoisotopic (exact) mass is 451 g/mol. The van der Waals surface area contributed by atoms with Crippen LogP contribution in [0.5, 0.6) is 11.5 Å². The summed E-state index contributed by atoms with van der Waals surface area (Å²) in [6.07, 6.45) is 2.21. The Morgan fingerprint density at radius 2 is 1.88 bits per heavy atom.